The molecule has 4 nitrogen and oxygen atoms in total. The minimum absolute atomic E-state index is 0.0764. The molecule has 0 aromatic heterocycles. The number of sulfonamides is 1. The van der Waals surface area contributed by atoms with Gasteiger partial charge in [-0.2, -0.15) is 0 Å². The molecule has 0 heterocycles. The van der Waals surface area contributed by atoms with Crippen LogP contribution in [-0.2, 0) is 10.0 Å². The predicted octanol–water partition coefficient (Wildman–Crippen LogP) is 2.34. The van der Waals surface area contributed by atoms with E-state index in [-0.39, 0.29) is 18.3 Å². The van der Waals surface area contributed by atoms with E-state index in [2.05, 4.69) is 0 Å². The maximum absolute atomic E-state index is 11.0. The van der Waals surface area contributed by atoms with Crippen LogP contribution in [0, 0.1) is 12.8 Å². The molecule has 102 valence electrons. The van der Waals surface area contributed by atoms with Gasteiger partial charge in [0, 0.05) is 5.92 Å². The van der Waals surface area contributed by atoms with Gasteiger partial charge in [0.2, 0.25) is 10.0 Å². The van der Waals surface area contributed by atoms with Gasteiger partial charge in [-0.05, 0) is 31.0 Å². The van der Waals surface area contributed by atoms with E-state index in [0.29, 0.717) is 17.2 Å². The van der Waals surface area contributed by atoms with Crippen molar-refractivity contribution >= 4 is 21.6 Å². The number of halogens is 1. The number of rotatable bonds is 6. The second-order valence-electron chi connectivity index (χ2n) is 4.35. The Hall–Kier alpha value is -0.780. The van der Waals surface area contributed by atoms with E-state index in [9.17, 15) is 8.42 Å². The van der Waals surface area contributed by atoms with Gasteiger partial charge < -0.3 is 4.74 Å². The number of nitrogens with two attached hydrogens (primary N) is 1. The van der Waals surface area contributed by atoms with Crippen LogP contribution in [0.5, 0.6) is 5.75 Å². The summed E-state index contributed by atoms with van der Waals surface area (Å²) in [5.41, 5.74) is 1.05. The van der Waals surface area contributed by atoms with E-state index in [1.807, 2.05) is 19.9 Å². The zero-order valence-corrected chi connectivity index (χ0v) is 12.1. The molecule has 0 aliphatic rings. The fraction of sp³-hybridized carbons (Fsp3) is 0.500. The highest BCUT2D eigenvalue weighted by atomic mass is 35.5. The first-order valence-corrected chi connectivity index (χ1v) is 7.80. The molecule has 1 aromatic carbocycles. The summed E-state index contributed by atoms with van der Waals surface area (Å²) < 4.78 is 27.6. The van der Waals surface area contributed by atoms with Crippen molar-refractivity contribution in [2.24, 2.45) is 11.1 Å². The maximum atomic E-state index is 11.0. The van der Waals surface area contributed by atoms with Crippen LogP contribution < -0.4 is 9.88 Å². The SMILES string of the molecule is CCC(COc1ccc(C)cc1Cl)CS(N)(=O)=O. The van der Waals surface area contributed by atoms with E-state index < -0.39 is 10.0 Å². The summed E-state index contributed by atoms with van der Waals surface area (Å²) in [5.74, 6) is 0.361. The van der Waals surface area contributed by atoms with E-state index in [4.69, 9.17) is 21.5 Å². The van der Waals surface area contributed by atoms with Crippen LogP contribution in [0.3, 0.4) is 0 Å². The topological polar surface area (TPSA) is 69.4 Å². The average molecular weight is 292 g/mol. The van der Waals surface area contributed by atoms with Gasteiger partial charge in [-0.15, -0.1) is 0 Å². The minimum Gasteiger partial charge on any atom is -0.492 e. The summed E-state index contributed by atoms with van der Waals surface area (Å²) in [6.07, 6.45) is 0.680. The molecule has 0 bridgehead atoms. The van der Waals surface area contributed by atoms with Crippen molar-refractivity contribution in [3.63, 3.8) is 0 Å². The largest absolute Gasteiger partial charge is 0.492 e. The summed E-state index contributed by atoms with van der Waals surface area (Å²) in [5, 5.41) is 5.55. The molecule has 0 saturated heterocycles. The molecule has 0 spiro atoms. The molecule has 18 heavy (non-hydrogen) atoms. The quantitative estimate of drug-likeness (QED) is 0.874. The molecule has 1 rings (SSSR count). The molecule has 6 heteroatoms. The average Bonchev–Trinajstić information content (AvgIpc) is 2.24. The van der Waals surface area contributed by atoms with E-state index in [0.717, 1.165) is 5.56 Å². The van der Waals surface area contributed by atoms with Crippen molar-refractivity contribution in [1.29, 1.82) is 0 Å². The highest BCUT2D eigenvalue weighted by Crippen LogP contribution is 2.25. The van der Waals surface area contributed by atoms with Crippen molar-refractivity contribution in [3.05, 3.63) is 28.8 Å². The number of benzene rings is 1. The number of aryl methyl sites for hydroxylation is 1. The molecule has 0 amide bonds. The third-order valence-corrected chi connectivity index (χ3v) is 3.84. The zero-order chi connectivity index (χ0) is 13.8. The Morgan fingerprint density at radius 2 is 2.11 bits per heavy atom. The smallest absolute Gasteiger partial charge is 0.209 e. The second-order valence-corrected chi connectivity index (χ2v) is 6.41. The fourth-order valence-electron chi connectivity index (χ4n) is 1.54. The van der Waals surface area contributed by atoms with Crippen molar-refractivity contribution < 1.29 is 13.2 Å². The van der Waals surface area contributed by atoms with Gasteiger partial charge in [-0.25, -0.2) is 13.6 Å². The molecule has 1 unspecified atom stereocenters. The summed E-state index contributed by atoms with van der Waals surface area (Å²) in [7, 11) is -3.47. The standard InChI is InChI=1S/C12H18ClNO3S/c1-3-10(8-18(14,15)16)7-17-12-5-4-9(2)6-11(12)13/h4-6,10H,3,7-8H2,1-2H3,(H2,14,15,16). The number of primary sulfonamides is 1. The Morgan fingerprint density at radius 1 is 1.44 bits per heavy atom. The van der Waals surface area contributed by atoms with Crippen molar-refractivity contribution in [2.45, 2.75) is 20.3 Å². The summed E-state index contributed by atoms with van der Waals surface area (Å²) in [6, 6.07) is 5.47. The lowest BCUT2D eigenvalue weighted by Crippen LogP contribution is -2.26. The summed E-state index contributed by atoms with van der Waals surface area (Å²) in [6.45, 7) is 4.12. The normalized spacial score (nSPS) is 13.3. The molecular formula is C12H18ClNO3S. The van der Waals surface area contributed by atoms with Gasteiger partial charge in [0.05, 0.1) is 17.4 Å². The third kappa shape index (κ3) is 5.25. The first-order valence-electron chi connectivity index (χ1n) is 5.71. The van der Waals surface area contributed by atoms with Gasteiger partial charge in [-0.3, -0.25) is 0 Å². The molecule has 0 radical (unpaired) electrons. The van der Waals surface area contributed by atoms with Gasteiger partial charge >= 0.3 is 0 Å². The third-order valence-electron chi connectivity index (χ3n) is 2.61. The number of ether oxygens (including phenoxy) is 1. The van der Waals surface area contributed by atoms with Gasteiger partial charge in [0.15, 0.2) is 0 Å². The Morgan fingerprint density at radius 3 is 2.61 bits per heavy atom. The van der Waals surface area contributed by atoms with Crippen LogP contribution in [0.4, 0.5) is 0 Å². The summed E-state index contributed by atoms with van der Waals surface area (Å²) in [4.78, 5) is 0. The Labute approximate surface area is 113 Å². The Kier molecular flexibility index (Phi) is 5.44. The Balaban J connectivity index is 2.62. The number of hydrogen-bond donors (Lipinski definition) is 1. The molecular weight excluding hydrogens is 274 g/mol. The predicted molar refractivity (Wildman–Crippen MR) is 73.4 cm³/mol. The Bertz CT molecular complexity index is 502. The van der Waals surface area contributed by atoms with Gasteiger partial charge in [-0.1, -0.05) is 24.6 Å². The van der Waals surface area contributed by atoms with Crippen LogP contribution >= 0.6 is 11.6 Å². The molecule has 2 N–H and O–H groups in total. The van der Waals surface area contributed by atoms with Crippen molar-refractivity contribution in [1.82, 2.24) is 0 Å². The molecule has 0 fully saturated rings. The molecule has 0 aliphatic carbocycles. The van der Waals surface area contributed by atoms with E-state index >= 15 is 0 Å². The van der Waals surface area contributed by atoms with Crippen LogP contribution in [0.25, 0.3) is 0 Å². The van der Waals surface area contributed by atoms with Crippen LogP contribution in [0.15, 0.2) is 18.2 Å². The first kappa shape index (κ1) is 15.3. The monoisotopic (exact) mass is 291 g/mol. The van der Waals surface area contributed by atoms with Crippen LogP contribution in [-0.4, -0.2) is 20.8 Å². The maximum Gasteiger partial charge on any atom is 0.209 e. The lowest BCUT2D eigenvalue weighted by Gasteiger charge is -2.15. The van der Waals surface area contributed by atoms with Crippen LogP contribution in [0.2, 0.25) is 5.02 Å². The zero-order valence-electron chi connectivity index (χ0n) is 10.5. The first-order chi connectivity index (χ1) is 8.31. The minimum atomic E-state index is -3.47. The fourth-order valence-corrected chi connectivity index (χ4v) is 2.82. The van der Waals surface area contributed by atoms with Crippen LogP contribution in [0.1, 0.15) is 18.9 Å². The lowest BCUT2D eigenvalue weighted by molar-refractivity contribution is 0.257. The van der Waals surface area contributed by atoms with E-state index in [1.165, 1.54) is 0 Å². The highest BCUT2D eigenvalue weighted by Gasteiger charge is 2.15. The highest BCUT2D eigenvalue weighted by molar-refractivity contribution is 7.89. The summed E-state index contributed by atoms with van der Waals surface area (Å²) >= 11 is 6.02. The molecule has 1 aromatic rings. The van der Waals surface area contributed by atoms with Crippen molar-refractivity contribution in [2.75, 3.05) is 12.4 Å². The van der Waals surface area contributed by atoms with E-state index in [1.54, 1.807) is 12.1 Å². The number of hydrogen-bond acceptors (Lipinski definition) is 3. The van der Waals surface area contributed by atoms with Crippen molar-refractivity contribution in [3.8, 4) is 5.75 Å². The molecule has 0 aliphatic heterocycles. The van der Waals surface area contributed by atoms with Gasteiger partial charge in [0.1, 0.15) is 5.75 Å². The lowest BCUT2D eigenvalue weighted by atomic mass is 10.1. The second kappa shape index (κ2) is 6.41. The van der Waals surface area contributed by atoms with Gasteiger partial charge in [0.25, 0.3) is 0 Å². The molecule has 1 atom stereocenters. The molecule has 0 saturated carbocycles.